The number of nitrogens with zero attached hydrogens (tertiary/aromatic N) is 2. The molecule has 0 radical (unpaired) electrons. The summed E-state index contributed by atoms with van der Waals surface area (Å²) in [7, 11) is 0. The van der Waals surface area contributed by atoms with Crippen LogP contribution in [0, 0.1) is 17.3 Å². The van der Waals surface area contributed by atoms with Crippen molar-refractivity contribution < 1.29 is 14.9 Å². The molecule has 11 heteroatoms. The third-order valence-electron chi connectivity index (χ3n) is 12.2. The molecule has 0 bridgehead atoms. The molecule has 41 heavy (non-hydrogen) atoms. The number of nitrogens with two attached hydrogens (primary N) is 1. The van der Waals surface area contributed by atoms with Crippen LogP contribution < -0.4 is 32.3 Å². The third-order valence-corrected chi connectivity index (χ3v) is 12.2. The Morgan fingerprint density at radius 2 is 1.78 bits per heavy atom. The fraction of sp³-hybridized carbons (Fsp3) is 1.00. The van der Waals surface area contributed by atoms with Gasteiger partial charge in [0, 0.05) is 37.4 Å². The summed E-state index contributed by atoms with van der Waals surface area (Å²) in [4.78, 5) is 4.58. The third kappa shape index (κ3) is 5.63. The fourth-order valence-electron chi connectivity index (χ4n) is 9.13. The number of fused-ring (bicyclic) bond motifs is 2. The topological polar surface area (TPSA) is 142 Å². The van der Waals surface area contributed by atoms with Crippen molar-refractivity contribution in [3.63, 3.8) is 0 Å². The van der Waals surface area contributed by atoms with Crippen molar-refractivity contribution >= 4 is 0 Å². The molecule has 7 aliphatic rings. The Hall–Kier alpha value is -0.440. The Kier molecular flexibility index (Phi) is 8.20. The molecule has 0 amide bonds. The number of rotatable bonds is 9. The van der Waals surface area contributed by atoms with E-state index in [4.69, 9.17) is 10.5 Å². The van der Waals surface area contributed by atoms with E-state index < -0.39 is 24.5 Å². The van der Waals surface area contributed by atoms with Crippen molar-refractivity contribution in [3.8, 4) is 0 Å². The predicted molar refractivity (Wildman–Crippen MR) is 157 cm³/mol. The lowest BCUT2D eigenvalue weighted by Gasteiger charge is -2.46. The van der Waals surface area contributed by atoms with Gasteiger partial charge in [0.1, 0.15) is 24.5 Å². The monoisotopic (exact) mass is 576 g/mol. The van der Waals surface area contributed by atoms with Gasteiger partial charge in [0.15, 0.2) is 0 Å². The van der Waals surface area contributed by atoms with Crippen LogP contribution in [-0.2, 0) is 4.74 Å². The van der Waals surface area contributed by atoms with Crippen LogP contribution in [0.1, 0.15) is 78.6 Å². The SMILES string of the molecule is CC(C)N(C[C@H]1O[C@@H](N2CNC3C(N)NCNC32)[C@H](O)[C@@H]1O)C1CC(CCC2NC3CCC(C4(C)CC4)CC3N2)C1. The zero-order valence-corrected chi connectivity index (χ0v) is 25.3. The first-order chi connectivity index (χ1) is 19.7. The highest BCUT2D eigenvalue weighted by Crippen LogP contribution is 2.56. The number of ether oxygens (including phenoxy) is 1. The number of hydrogen-bond donors (Lipinski definition) is 8. The molecular weight excluding hydrogens is 520 g/mol. The minimum atomic E-state index is -0.950. The summed E-state index contributed by atoms with van der Waals surface area (Å²) in [6, 6.07) is 2.24. The standard InChI is InChI=1S/C30H56N8O3/c1-16(2)37(13-22-25(39)26(40)29(41-22)38-15-34-24-27(31)32-14-33-28(24)38)19-10-17(11-19)4-7-23-35-20-6-5-18(12-21(20)36-23)30(3)8-9-30/h16-29,32-36,39-40H,4-15,31H2,1-3H3/t17?,18?,19?,20?,21?,22-,23?,24?,25-,26-,27?,28?,29-/m1/s1. The Morgan fingerprint density at radius 3 is 2.54 bits per heavy atom. The second-order valence-electron chi connectivity index (χ2n) is 15.1. The first kappa shape index (κ1) is 29.3. The van der Waals surface area contributed by atoms with Gasteiger partial charge in [-0.05, 0) is 88.9 Å². The van der Waals surface area contributed by atoms with Crippen LogP contribution in [0.2, 0.25) is 0 Å². The van der Waals surface area contributed by atoms with Crippen LogP contribution in [0.25, 0.3) is 0 Å². The van der Waals surface area contributed by atoms with E-state index in [0.29, 0.717) is 55.6 Å². The zero-order valence-electron chi connectivity index (χ0n) is 25.3. The van der Waals surface area contributed by atoms with Gasteiger partial charge in [0.05, 0.1) is 31.2 Å². The lowest BCUT2D eigenvalue weighted by atomic mass is 9.75. The minimum absolute atomic E-state index is 0.0246. The molecule has 234 valence electrons. The molecule has 3 saturated carbocycles. The summed E-state index contributed by atoms with van der Waals surface area (Å²) in [5.74, 6) is 1.69. The van der Waals surface area contributed by atoms with Crippen LogP contribution >= 0.6 is 0 Å². The molecule has 4 heterocycles. The first-order valence-corrected chi connectivity index (χ1v) is 16.7. The van der Waals surface area contributed by atoms with Gasteiger partial charge >= 0.3 is 0 Å². The average molecular weight is 577 g/mol. The number of nitrogens with one attached hydrogen (secondary N) is 5. The molecule has 0 spiro atoms. The van der Waals surface area contributed by atoms with Crippen LogP contribution in [0.5, 0.6) is 0 Å². The van der Waals surface area contributed by atoms with Crippen molar-refractivity contribution in [1.82, 2.24) is 36.4 Å². The lowest BCUT2D eigenvalue weighted by Crippen LogP contribution is -2.68. The second kappa shape index (κ2) is 11.5. The molecule has 7 rings (SSSR count). The highest BCUT2D eigenvalue weighted by atomic mass is 16.6. The number of aliphatic hydroxyl groups excluding tert-OH is 2. The Balaban J connectivity index is 0.874. The van der Waals surface area contributed by atoms with Crippen molar-refractivity contribution in [1.29, 1.82) is 0 Å². The highest BCUT2D eigenvalue weighted by Gasteiger charge is 2.53. The van der Waals surface area contributed by atoms with Crippen LogP contribution in [-0.4, -0.2) is 113 Å². The smallest absolute Gasteiger partial charge is 0.142 e. The molecule has 0 aromatic carbocycles. The van der Waals surface area contributed by atoms with Gasteiger partial charge in [-0.15, -0.1) is 0 Å². The zero-order chi connectivity index (χ0) is 28.5. The van der Waals surface area contributed by atoms with E-state index >= 15 is 0 Å². The summed E-state index contributed by atoms with van der Waals surface area (Å²) in [6.07, 6.45) is 9.33. The van der Waals surface area contributed by atoms with Crippen molar-refractivity contribution in [2.75, 3.05) is 19.9 Å². The van der Waals surface area contributed by atoms with E-state index in [1.165, 1.54) is 57.8 Å². The molecule has 0 aromatic heterocycles. The quantitative estimate of drug-likeness (QED) is 0.181. The van der Waals surface area contributed by atoms with Crippen LogP contribution in [0.4, 0.5) is 0 Å². The highest BCUT2D eigenvalue weighted by molar-refractivity contribution is 5.05. The van der Waals surface area contributed by atoms with E-state index in [9.17, 15) is 10.2 Å². The molecule has 11 atom stereocenters. The number of hydrogen-bond acceptors (Lipinski definition) is 11. The maximum Gasteiger partial charge on any atom is 0.142 e. The summed E-state index contributed by atoms with van der Waals surface area (Å²) in [6.45, 7) is 8.79. The predicted octanol–water partition coefficient (Wildman–Crippen LogP) is -0.449. The van der Waals surface area contributed by atoms with Gasteiger partial charge in [-0.2, -0.15) is 0 Å². The largest absolute Gasteiger partial charge is 0.387 e. The molecule has 7 unspecified atom stereocenters. The molecule has 7 fully saturated rings. The molecule has 4 saturated heterocycles. The van der Waals surface area contributed by atoms with Gasteiger partial charge in [-0.3, -0.25) is 31.5 Å². The van der Waals surface area contributed by atoms with E-state index in [0.717, 1.165) is 11.8 Å². The normalized spacial score (nSPS) is 49.3. The molecule has 3 aliphatic carbocycles. The fourth-order valence-corrected chi connectivity index (χ4v) is 9.13. The molecule has 11 nitrogen and oxygen atoms in total. The summed E-state index contributed by atoms with van der Waals surface area (Å²) < 4.78 is 6.40. The summed E-state index contributed by atoms with van der Waals surface area (Å²) >= 11 is 0. The van der Waals surface area contributed by atoms with Crippen molar-refractivity contribution in [3.05, 3.63) is 0 Å². The van der Waals surface area contributed by atoms with Gasteiger partial charge in [0.25, 0.3) is 0 Å². The van der Waals surface area contributed by atoms with E-state index in [-0.39, 0.29) is 18.4 Å². The summed E-state index contributed by atoms with van der Waals surface area (Å²) in [5, 5.41) is 40.0. The molecule has 4 aliphatic heterocycles. The lowest BCUT2D eigenvalue weighted by molar-refractivity contribution is -0.112. The molecular formula is C30H56N8O3. The van der Waals surface area contributed by atoms with Crippen molar-refractivity contribution in [2.45, 2.75) is 152 Å². The van der Waals surface area contributed by atoms with E-state index in [1.807, 2.05) is 0 Å². The van der Waals surface area contributed by atoms with E-state index in [1.54, 1.807) is 0 Å². The van der Waals surface area contributed by atoms with Gasteiger partial charge in [0.2, 0.25) is 0 Å². The maximum atomic E-state index is 11.0. The van der Waals surface area contributed by atoms with Crippen LogP contribution in [0.15, 0.2) is 0 Å². The van der Waals surface area contributed by atoms with Gasteiger partial charge < -0.3 is 20.7 Å². The van der Waals surface area contributed by atoms with Crippen molar-refractivity contribution in [2.24, 2.45) is 23.0 Å². The summed E-state index contributed by atoms with van der Waals surface area (Å²) in [5.41, 5.74) is 6.89. The second-order valence-corrected chi connectivity index (χ2v) is 15.1. The number of aliphatic hydroxyl groups is 2. The van der Waals surface area contributed by atoms with Gasteiger partial charge in [-0.25, -0.2) is 4.90 Å². The molecule has 9 N–H and O–H groups in total. The molecule has 0 aromatic rings. The van der Waals surface area contributed by atoms with Gasteiger partial charge in [-0.1, -0.05) is 6.92 Å². The minimum Gasteiger partial charge on any atom is -0.387 e. The Bertz CT molecular complexity index is 918. The Morgan fingerprint density at radius 1 is 1.00 bits per heavy atom. The van der Waals surface area contributed by atoms with Crippen LogP contribution in [0.3, 0.4) is 0 Å². The first-order valence-electron chi connectivity index (χ1n) is 16.7. The average Bonchev–Trinajstić information content (AvgIpc) is 3.24. The maximum absolute atomic E-state index is 11.0. The Labute approximate surface area is 246 Å². The van der Waals surface area contributed by atoms with E-state index in [2.05, 4.69) is 57.2 Å².